The lowest BCUT2D eigenvalue weighted by atomic mass is 10.2. The molecular formula is C13H23F3N2O. The molecule has 6 heteroatoms. The molecule has 0 radical (unpaired) electrons. The second kappa shape index (κ2) is 6.11. The zero-order valence-corrected chi connectivity index (χ0v) is 12.0. The quantitative estimate of drug-likeness (QED) is 0.790. The number of hydrogen-bond donors (Lipinski definition) is 0. The summed E-state index contributed by atoms with van der Waals surface area (Å²) in [5.74, 6) is -0.232. The van der Waals surface area contributed by atoms with Gasteiger partial charge >= 0.3 is 6.18 Å². The molecule has 0 saturated carbocycles. The summed E-state index contributed by atoms with van der Waals surface area (Å²) in [6.45, 7) is 5.63. The van der Waals surface area contributed by atoms with Crippen molar-refractivity contribution >= 4 is 5.91 Å². The van der Waals surface area contributed by atoms with Crippen molar-refractivity contribution in [3.63, 3.8) is 0 Å². The van der Waals surface area contributed by atoms with Crippen molar-refractivity contribution in [2.75, 3.05) is 13.6 Å². The van der Waals surface area contributed by atoms with Crippen LogP contribution in [0.15, 0.2) is 0 Å². The molecule has 0 aliphatic carbocycles. The van der Waals surface area contributed by atoms with E-state index in [4.69, 9.17) is 0 Å². The minimum atomic E-state index is -4.22. The van der Waals surface area contributed by atoms with Crippen LogP contribution in [0, 0.1) is 0 Å². The van der Waals surface area contributed by atoms with Crippen molar-refractivity contribution < 1.29 is 18.0 Å². The summed E-state index contributed by atoms with van der Waals surface area (Å²) in [6, 6.07) is 0.265. The Kier molecular flexibility index (Phi) is 5.24. The van der Waals surface area contributed by atoms with Crippen LogP contribution < -0.4 is 0 Å². The summed E-state index contributed by atoms with van der Waals surface area (Å²) in [5.41, 5.74) is 0. The van der Waals surface area contributed by atoms with Gasteiger partial charge in [0, 0.05) is 25.7 Å². The van der Waals surface area contributed by atoms with E-state index in [0.29, 0.717) is 12.1 Å². The Morgan fingerprint density at radius 3 is 2.21 bits per heavy atom. The molecule has 1 fully saturated rings. The highest BCUT2D eigenvalue weighted by atomic mass is 19.4. The summed E-state index contributed by atoms with van der Waals surface area (Å²) < 4.78 is 36.5. The lowest BCUT2D eigenvalue weighted by Crippen LogP contribution is -2.50. The predicted octanol–water partition coefficient (Wildman–Crippen LogP) is 2.66. The van der Waals surface area contributed by atoms with E-state index < -0.39 is 12.6 Å². The number of rotatable bonds is 4. The number of carbonyl (C=O) groups is 1. The van der Waals surface area contributed by atoms with Gasteiger partial charge in [0.25, 0.3) is 0 Å². The molecule has 1 aliphatic rings. The summed E-state index contributed by atoms with van der Waals surface area (Å²) in [5, 5.41) is 0. The SMILES string of the molecule is C[C@@H]1CC[C@H](C)N1[C@H](C)C(=O)N(C)CCC(F)(F)F. The van der Waals surface area contributed by atoms with E-state index in [1.54, 1.807) is 6.92 Å². The summed E-state index contributed by atoms with van der Waals surface area (Å²) in [6.07, 6.45) is -3.10. The number of hydrogen-bond acceptors (Lipinski definition) is 2. The molecular weight excluding hydrogens is 257 g/mol. The van der Waals surface area contributed by atoms with Gasteiger partial charge in [0.2, 0.25) is 5.91 Å². The minimum absolute atomic E-state index is 0.232. The first-order valence-electron chi connectivity index (χ1n) is 6.72. The maximum atomic E-state index is 12.2. The van der Waals surface area contributed by atoms with Gasteiger partial charge in [0.05, 0.1) is 12.5 Å². The Morgan fingerprint density at radius 1 is 1.32 bits per heavy atom. The van der Waals surface area contributed by atoms with Crippen LogP contribution in [0.2, 0.25) is 0 Å². The Hall–Kier alpha value is -0.780. The van der Waals surface area contributed by atoms with E-state index in [0.717, 1.165) is 12.8 Å². The molecule has 1 rings (SSSR count). The van der Waals surface area contributed by atoms with Crippen LogP contribution in [0.4, 0.5) is 13.2 Å². The number of halogens is 3. The maximum absolute atomic E-state index is 12.2. The molecule has 1 amide bonds. The second-order valence-electron chi connectivity index (χ2n) is 5.52. The maximum Gasteiger partial charge on any atom is 0.390 e. The van der Waals surface area contributed by atoms with Crippen molar-refractivity contribution in [3.8, 4) is 0 Å². The molecule has 0 N–H and O–H groups in total. The number of likely N-dealkylation sites (tertiary alicyclic amines) is 1. The highest BCUT2D eigenvalue weighted by Crippen LogP contribution is 2.27. The van der Waals surface area contributed by atoms with Gasteiger partial charge < -0.3 is 4.90 Å². The first-order valence-corrected chi connectivity index (χ1v) is 6.72. The van der Waals surface area contributed by atoms with Crippen LogP contribution in [0.1, 0.15) is 40.0 Å². The fourth-order valence-corrected chi connectivity index (χ4v) is 2.83. The minimum Gasteiger partial charge on any atom is -0.344 e. The van der Waals surface area contributed by atoms with Crippen LogP contribution in [-0.2, 0) is 4.79 Å². The number of alkyl halides is 3. The van der Waals surface area contributed by atoms with E-state index in [1.165, 1.54) is 11.9 Å². The molecule has 0 aromatic rings. The first kappa shape index (κ1) is 16.3. The third kappa shape index (κ3) is 4.37. The number of likely N-dealkylation sites (N-methyl/N-ethyl adjacent to an activating group) is 1. The van der Waals surface area contributed by atoms with Crippen molar-refractivity contribution in [3.05, 3.63) is 0 Å². The third-order valence-electron chi connectivity index (χ3n) is 3.93. The second-order valence-corrected chi connectivity index (χ2v) is 5.52. The molecule has 0 unspecified atom stereocenters. The Balaban J connectivity index is 2.56. The number of nitrogens with zero attached hydrogens (tertiary/aromatic N) is 2. The average Bonchev–Trinajstić information content (AvgIpc) is 2.63. The fourth-order valence-electron chi connectivity index (χ4n) is 2.83. The molecule has 112 valence electrons. The molecule has 1 saturated heterocycles. The van der Waals surface area contributed by atoms with Gasteiger partial charge in [0.1, 0.15) is 0 Å². The monoisotopic (exact) mass is 280 g/mol. The van der Waals surface area contributed by atoms with Gasteiger partial charge in [-0.15, -0.1) is 0 Å². The number of carbonyl (C=O) groups excluding carboxylic acids is 1. The van der Waals surface area contributed by atoms with Gasteiger partial charge in [-0.05, 0) is 33.6 Å². The Morgan fingerprint density at radius 2 is 1.79 bits per heavy atom. The topological polar surface area (TPSA) is 23.6 Å². The molecule has 0 spiro atoms. The normalized spacial score (nSPS) is 26.5. The van der Waals surface area contributed by atoms with Crippen molar-refractivity contribution in [1.82, 2.24) is 9.80 Å². The zero-order chi connectivity index (χ0) is 14.8. The third-order valence-corrected chi connectivity index (χ3v) is 3.93. The molecule has 19 heavy (non-hydrogen) atoms. The fraction of sp³-hybridized carbons (Fsp3) is 0.923. The molecule has 3 atom stereocenters. The van der Waals surface area contributed by atoms with Crippen LogP contribution in [0.3, 0.4) is 0 Å². The van der Waals surface area contributed by atoms with Crippen molar-refractivity contribution in [2.45, 2.75) is 64.3 Å². The molecule has 0 aromatic heterocycles. The molecule has 0 bridgehead atoms. The standard InChI is InChI=1S/C13H23F3N2O/c1-9-5-6-10(2)18(9)11(3)12(19)17(4)8-7-13(14,15)16/h9-11H,5-8H2,1-4H3/t9-,10+,11-/m1/s1. The van der Waals surface area contributed by atoms with Gasteiger partial charge in [-0.25, -0.2) is 0 Å². The van der Waals surface area contributed by atoms with Gasteiger partial charge in [0.15, 0.2) is 0 Å². The van der Waals surface area contributed by atoms with Crippen LogP contribution in [-0.4, -0.2) is 53.6 Å². The van der Waals surface area contributed by atoms with Gasteiger partial charge in [-0.1, -0.05) is 0 Å². The summed E-state index contributed by atoms with van der Waals surface area (Å²) in [7, 11) is 1.44. The van der Waals surface area contributed by atoms with E-state index >= 15 is 0 Å². The summed E-state index contributed by atoms with van der Waals surface area (Å²) in [4.78, 5) is 15.4. The molecule has 0 aromatic carbocycles. The number of amides is 1. The predicted molar refractivity (Wildman–Crippen MR) is 67.8 cm³/mol. The van der Waals surface area contributed by atoms with E-state index in [9.17, 15) is 18.0 Å². The molecule has 1 aliphatic heterocycles. The van der Waals surface area contributed by atoms with Crippen molar-refractivity contribution in [1.29, 1.82) is 0 Å². The Labute approximate surface area is 112 Å². The van der Waals surface area contributed by atoms with Gasteiger partial charge in [-0.3, -0.25) is 9.69 Å². The van der Waals surface area contributed by atoms with Gasteiger partial charge in [-0.2, -0.15) is 13.2 Å². The lowest BCUT2D eigenvalue weighted by Gasteiger charge is -2.34. The molecule has 3 nitrogen and oxygen atoms in total. The highest BCUT2D eigenvalue weighted by Gasteiger charge is 2.36. The Bertz CT molecular complexity index is 310. The highest BCUT2D eigenvalue weighted by molar-refractivity contribution is 5.81. The molecule has 1 heterocycles. The first-order chi connectivity index (χ1) is 8.63. The van der Waals surface area contributed by atoms with E-state index in [2.05, 4.69) is 18.7 Å². The van der Waals surface area contributed by atoms with E-state index in [-0.39, 0.29) is 18.5 Å². The van der Waals surface area contributed by atoms with Crippen LogP contribution in [0.25, 0.3) is 0 Å². The average molecular weight is 280 g/mol. The smallest absolute Gasteiger partial charge is 0.344 e. The van der Waals surface area contributed by atoms with E-state index in [1.807, 2.05) is 0 Å². The lowest BCUT2D eigenvalue weighted by molar-refractivity contribution is -0.147. The van der Waals surface area contributed by atoms with Crippen molar-refractivity contribution in [2.24, 2.45) is 0 Å². The summed E-state index contributed by atoms with van der Waals surface area (Å²) >= 11 is 0. The largest absolute Gasteiger partial charge is 0.390 e. The van der Waals surface area contributed by atoms with Crippen LogP contribution in [0.5, 0.6) is 0 Å². The zero-order valence-electron chi connectivity index (χ0n) is 12.0. The van der Waals surface area contributed by atoms with Crippen LogP contribution >= 0.6 is 0 Å².